The van der Waals surface area contributed by atoms with Crippen LogP contribution in [0.25, 0.3) is 0 Å². The molecule has 1 aliphatic heterocycles. The lowest BCUT2D eigenvalue weighted by molar-refractivity contribution is -0.125. The highest BCUT2D eigenvalue weighted by Gasteiger charge is 2.30. The number of aryl methyl sites for hydroxylation is 1. The summed E-state index contributed by atoms with van der Waals surface area (Å²) in [6.45, 7) is 3.57. The molecule has 1 atom stereocenters. The van der Waals surface area contributed by atoms with Crippen molar-refractivity contribution in [1.29, 1.82) is 0 Å². The number of rotatable bonds is 7. The topological polar surface area (TPSA) is 87.2 Å². The smallest absolute Gasteiger partial charge is 0.234 e. The van der Waals surface area contributed by atoms with E-state index >= 15 is 0 Å². The molecule has 4 rings (SSSR count). The monoisotopic (exact) mass is 425 g/mol. The van der Waals surface area contributed by atoms with Gasteiger partial charge < -0.3 is 15.5 Å². The number of benzene rings is 1. The van der Waals surface area contributed by atoms with Crippen LogP contribution < -0.4 is 15.5 Å². The second-order valence-electron chi connectivity index (χ2n) is 8.00. The van der Waals surface area contributed by atoms with Crippen molar-refractivity contribution in [2.75, 3.05) is 29.1 Å². The molecule has 2 heterocycles. The number of nitrogens with one attached hydrogen (secondary N) is 2. The van der Waals surface area contributed by atoms with Crippen molar-refractivity contribution in [2.24, 2.45) is 5.92 Å². The third kappa shape index (κ3) is 5.72. The molecule has 1 aromatic heterocycles. The van der Waals surface area contributed by atoms with Crippen molar-refractivity contribution < 1.29 is 9.59 Å². The summed E-state index contributed by atoms with van der Waals surface area (Å²) in [6.07, 6.45) is 4.11. The maximum atomic E-state index is 12.4. The van der Waals surface area contributed by atoms with Gasteiger partial charge in [0.05, 0.1) is 11.7 Å². The first-order chi connectivity index (χ1) is 14.6. The second kappa shape index (κ2) is 9.47. The Hall–Kier alpha value is -2.61. The van der Waals surface area contributed by atoms with Crippen molar-refractivity contribution in [3.8, 4) is 0 Å². The van der Waals surface area contributed by atoms with Gasteiger partial charge in [0.2, 0.25) is 11.8 Å². The van der Waals surface area contributed by atoms with Gasteiger partial charge in [-0.3, -0.25) is 9.59 Å². The van der Waals surface area contributed by atoms with Gasteiger partial charge in [-0.05, 0) is 56.9 Å². The average Bonchev–Trinajstić information content (AvgIpc) is 3.58. The highest BCUT2D eigenvalue weighted by atomic mass is 32.2. The van der Waals surface area contributed by atoms with Gasteiger partial charge in [-0.2, -0.15) is 0 Å². The second-order valence-corrected chi connectivity index (χ2v) is 9.00. The van der Waals surface area contributed by atoms with Gasteiger partial charge >= 0.3 is 0 Å². The third-order valence-corrected chi connectivity index (χ3v) is 6.27. The van der Waals surface area contributed by atoms with Crippen LogP contribution in [0.3, 0.4) is 0 Å². The molecular formula is C22H27N5O2S. The summed E-state index contributed by atoms with van der Waals surface area (Å²) in [5, 5.41) is 15.3. The van der Waals surface area contributed by atoms with Crippen molar-refractivity contribution in [3.05, 3.63) is 42.0 Å². The molecule has 1 saturated heterocycles. The molecule has 0 radical (unpaired) electrons. The van der Waals surface area contributed by atoms with E-state index in [0.29, 0.717) is 17.6 Å². The van der Waals surface area contributed by atoms with E-state index in [2.05, 4.69) is 25.7 Å². The van der Waals surface area contributed by atoms with Crippen LogP contribution in [0.4, 0.5) is 11.5 Å². The fourth-order valence-corrected chi connectivity index (χ4v) is 4.09. The molecule has 30 heavy (non-hydrogen) atoms. The summed E-state index contributed by atoms with van der Waals surface area (Å²) < 4.78 is 0. The Balaban J connectivity index is 1.26. The van der Waals surface area contributed by atoms with Crippen LogP contribution in [0.2, 0.25) is 0 Å². The van der Waals surface area contributed by atoms with Gasteiger partial charge in [0.1, 0.15) is 5.03 Å². The number of carbonyl (C=O) groups excluding carboxylic acids is 2. The Morgan fingerprint density at radius 2 is 1.90 bits per heavy atom. The first-order valence-electron chi connectivity index (χ1n) is 10.5. The molecule has 0 bridgehead atoms. The van der Waals surface area contributed by atoms with Crippen molar-refractivity contribution >= 4 is 35.1 Å². The molecule has 0 spiro atoms. The summed E-state index contributed by atoms with van der Waals surface area (Å²) in [7, 11) is 0. The fourth-order valence-electron chi connectivity index (χ4n) is 3.48. The molecule has 2 N–H and O–H groups in total. The molecule has 1 aromatic carbocycles. The lowest BCUT2D eigenvalue weighted by Crippen LogP contribution is -2.44. The first kappa shape index (κ1) is 20.7. The van der Waals surface area contributed by atoms with Crippen LogP contribution in [-0.4, -0.2) is 46.9 Å². The molecule has 1 saturated carbocycles. The number of hydrogen-bond acceptors (Lipinski definition) is 6. The number of piperidine rings is 1. The molecular weight excluding hydrogens is 398 g/mol. The summed E-state index contributed by atoms with van der Waals surface area (Å²) in [5.41, 5.74) is 1.94. The molecule has 2 fully saturated rings. The fraction of sp³-hybridized carbons (Fsp3) is 0.455. The molecule has 7 nitrogen and oxygen atoms in total. The average molecular weight is 426 g/mol. The maximum absolute atomic E-state index is 12.4. The molecule has 2 aromatic rings. The first-order valence-corrected chi connectivity index (χ1v) is 11.4. The van der Waals surface area contributed by atoms with E-state index in [4.69, 9.17) is 0 Å². The minimum absolute atomic E-state index is 0.0145. The molecule has 8 heteroatoms. The van der Waals surface area contributed by atoms with E-state index in [0.717, 1.165) is 49.3 Å². The van der Waals surface area contributed by atoms with E-state index < -0.39 is 0 Å². The Bertz CT molecular complexity index is 883. The minimum Gasteiger partial charge on any atom is -0.354 e. The van der Waals surface area contributed by atoms with Crippen LogP contribution in [0.5, 0.6) is 0 Å². The number of aromatic nitrogens is 2. The van der Waals surface area contributed by atoms with Gasteiger partial charge in [0.25, 0.3) is 0 Å². The van der Waals surface area contributed by atoms with E-state index in [9.17, 15) is 9.59 Å². The van der Waals surface area contributed by atoms with E-state index in [1.165, 1.54) is 11.8 Å². The number of amides is 2. The zero-order valence-electron chi connectivity index (χ0n) is 17.1. The number of thioether (sulfide) groups is 1. The Morgan fingerprint density at radius 1 is 1.10 bits per heavy atom. The Morgan fingerprint density at radius 3 is 2.60 bits per heavy atom. The van der Waals surface area contributed by atoms with Crippen LogP contribution >= 0.6 is 11.8 Å². The van der Waals surface area contributed by atoms with E-state index in [1.54, 1.807) is 0 Å². The van der Waals surface area contributed by atoms with Crippen molar-refractivity contribution in [1.82, 2.24) is 15.5 Å². The summed E-state index contributed by atoms with van der Waals surface area (Å²) in [6, 6.07) is 11.9. The van der Waals surface area contributed by atoms with Gasteiger partial charge in [0.15, 0.2) is 5.82 Å². The van der Waals surface area contributed by atoms with E-state index in [-0.39, 0.29) is 23.5 Å². The van der Waals surface area contributed by atoms with Crippen LogP contribution in [0, 0.1) is 12.8 Å². The highest BCUT2D eigenvalue weighted by molar-refractivity contribution is 7.99. The van der Waals surface area contributed by atoms with Crippen molar-refractivity contribution in [2.45, 2.75) is 43.7 Å². The third-order valence-electron chi connectivity index (χ3n) is 5.35. The standard InChI is InChI=1S/C22H27N5O2S/c1-15-4-6-17(7-5-15)23-20(28)14-30-21-11-10-19(25-26-21)27-12-2-3-16(13-27)22(29)24-18-8-9-18/h4-7,10-11,16,18H,2-3,8-9,12-14H2,1H3,(H,23,28)(H,24,29)/t16-/m1/s1. The van der Waals surface area contributed by atoms with Crippen molar-refractivity contribution in [3.63, 3.8) is 0 Å². The molecule has 0 unspecified atom stereocenters. The van der Waals surface area contributed by atoms with Gasteiger partial charge in [-0.1, -0.05) is 29.5 Å². The molecule has 2 amide bonds. The SMILES string of the molecule is Cc1ccc(NC(=O)CSc2ccc(N3CCC[C@@H](C(=O)NC4CC4)C3)nn2)cc1. The van der Waals surface area contributed by atoms with Gasteiger partial charge in [-0.15, -0.1) is 10.2 Å². The minimum atomic E-state index is -0.0738. The zero-order valence-corrected chi connectivity index (χ0v) is 18.0. The summed E-state index contributed by atoms with van der Waals surface area (Å²) in [4.78, 5) is 26.6. The molecule has 158 valence electrons. The number of anilines is 2. The molecule has 2 aliphatic rings. The quantitative estimate of drug-likeness (QED) is 0.663. The molecule has 1 aliphatic carbocycles. The predicted molar refractivity (Wildman–Crippen MR) is 119 cm³/mol. The highest BCUT2D eigenvalue weighted by Crippen LogP contribution is 2.25. The van der Waals surface area contributed by atoms with Gasteiger partial charge in [-0.25, -0.2) is 0 Å². The maximum Gasteiger partial charge on any atom is 0.234 e. The van der Waals surface area contributed by atoms with Crippen LogP contribution in [0.15, 0.2) is 41.4 Å². The van der Waals surface area contributed by atoms with Crippen LogP contribution in [0.1, 0.15) is 31.2 Å². The number of hydrogen-bond donors (Lipinski definition) is 2. The summed E-state index contributed by atoms with van der Waals surface area (Å²) >= 11 is 1.36. The number of nitrogens with zero attached hydrogens (tertiary/aromatic N) is 3. The number of carbonyl (C=O) groups is 2. The lowest BCUT2D eigenvalue weighted by Gasteiger charge is -2.32. The largest absolute Gasteiger partial charge is 0.354 e. The lowest BCUT2D eigenvalue weighted by atomic mass is 9.97. The zero-order chi connectivity index (χ0) is 20.9. The van der Waals surface area contributed by atoms with Crippen LogP contribution in [-0.2, 0) is 9.59 Å². The summed E-state index contributed by atoms with van der Waals surface area (Å²) in [5.74, 6) is 1.17. The van der Waals surface area contributed by atoms with Gasteiger partial charge in [0, 0.05) is 24.8 Å². The van der Waals surface area contributed by atoms with E-state index in [1.807, 2.05) is 43.3 Å². The normalized spacial score (nSPS) is 18.7. The Labute approximate surface area is 181 Å². The Kier molecular flexibility index (Phi) is 6.52. The predicted octanol–water partition coefficient (Wildman–Crippen LogP) is 3.01.